The van der Waals surface area contributed by atoms with Crippen LogP contribution in [0.5, 0.6) is 5.75 Å². The minimum atomic E-state index is -4.46. The minimum Gasteiger partial charge on any atom is -0.598 e. The quantitative estimate of drug-likeness (QED) is 0.751. The van der Waals surface area contributed by atoms with E-state index in [9.17, 15) is 17.7 Å². The number of rotatable bonds is 6. The van der Waals surface area contributed by atoms with Crippen LogP contribution in [0.3, 0.4) is 0 Å². The summed E-state index contributed by atoms with van der Waals surface area (Å²) in [5.41, 5.74) is -0.151. The average molecular weight is 363 g/mol. The Bertz CT molecular complexity index is 568. The van der Waals surface area contributed by atoms with Gasteiger partial charge in [0.2, 0.25) is 0 Å². The molecule has 0 radical (unpaired) electrons. The lowest BCUT2D eigenvalue weighted by Crippen LogP contribution is -2.40. The summed E-state index contributed by atoms with van der Waals surface area (Å²) < 4.78 is 59.5. The molecule has 1 aromatic rings. The molecule has 0 saturated heterocycles. The highest BCUT2D eigenvalue weighted by atomic mass is 32.2. The van der Waals surface area contributed by atoms with Gasteiger partial charge < -0.3 is 9.29 Å². The summed E-state index contributed by atoms with van der Waals surface area (Å²) in [6, 6.07) is 3.50. The molecule has 2 atom stereocenters. The van der Waals surface area contributed by atoms with Gasteiger partial charge in [-0.3, -0.25) is 0 Å². The molecule has 3 nitrogen and oxygen atoms in total. The SMILES string of the molecule is C[C@H](N[S+]([O-])C(C)(C)C)c1ccc(C(F)(F)F)c(OCC2CC2)c1. The van der Waals surface area contributed by atoms with Gasteiger partial charge in [-0.05, 0) is 64.2 Å². The lowest BCUT2D eigenvalue weighted by atomic mass is 10.1. The molecule has 1 N–H and O–H groups in total. The second-order valence-corrected chi connectivity index (χ2v) is 9.23. The summed E-state index contributed by atoms with van der Waals surface area (Å²) in [4.78, 5) is 0. The van der Waals surface area contributed by atoms with Crippen molar-refractivity contribution in [3.8, 4) is 5.75 Å². The maximum Gasteiger partial charge on any atom is 0.419 e. The Kier molecular flexibility index (Phi) is 5.77. The molecule has 2 rings (SSSR count). The molecule has 0 spiro atoms. The Balaban J connectivity index is 2.19. The smallest absolute Gasteiger partial charge is 0.419 e. The third-order valence-electron chi connectivity index (χ3n) is 3.82. The number of alkyl halides is 3. The number of hydrogen-bond acceptors (Lipinski definition) is 3. The first-order valence-electron chi connectivity index (χ1n) is 8.00. The summed E-state index contributed by atoms with van der Waals surface area (Å²) in [6.07, 6.45) is -2.45. The summed E-state index contributed by atoms with van der Waals surface area (Å²) >= 11 is -1.31. The largest absolute Gasteiger partial charge is 0.598 e. The van der Waals surface area contributed by atoms with E-state index < -0.39 is 27.8 Å². The van der Waals surface area contributed by atoms with Crippen molar-refractivity contribution in [1.82, 2.24) is 4.72 Å². The highest BCUT2D eigenvalue weighted by molar-refractivity contribution is 7.90. The van der Waals surface area contributed by atoms with Gasteiger partial charge in [-0.25, -0.2) is 0 Å². The monoisotopic (exact) mass is 363 g/mol. The molecule has 1 aromatic carbocycles. The van der Waals surface area contributed by atoms with E-state index in [-0.39, 0.29) is 11.8 Å². The van der Waals surface area contributed by atoms with E-state index >= 15 is 0 Å². The lowest BCUT2D eigenvalue weighted by molar-refractivity contribution is -0.139. The van der Waals surface area contributed by atoms with Crippen LogP contribution < -0.4 is 9.46 Å². The first-order chi connectivity index (χ1) is 11.0. The second kappa shape index (κ2) is 7.14. The van der Waals surface area contributed by atoms with E-state index in [1.807, 2.05) is 20.8 Å². The van der Waals surface area contributed by atoms with Gasteiger partial charge in [0.25, 0.3) is 0 Å². The van der Waals surface area contributed by atoms with Crippen LogP contribution in [0.25, 0.3) is 0 Å². The van der Waals surface area contributed by atoms with Crippen molar-refractivity contribution in [2.45, 2.75) is 57.5 Å². The van der Waals surface area contributed by atoms with Crippen LogP contribution >= 0.6 is 0 Å². The predicted octanol–water partition coefficient (Wildman–Crippen LogP) is 4.61. The fourth-order valence-electron chi connectivity index (χ4n) is 2.06. The third kappa shape index (κ3) is 5.29. The van der Waals surface area contributed by atoms with Gasteiger partial charge in [-0.2, -0.15) is 13.2 Å². The molecular formula is C17H24F3NO2S. The number of nitrogens with one attached hydrogen (secondary N) is 1. The predicted molar refractivity (Wildman–Crippen MR) is 89.1 cm³/mol. The zero-order chi connectivity index (χ0) is 18.1. The lowest BCUT2D eigenvalue weighted by Gasteiger charge is -2.27. The van der Waals surface area contributed by atoms with E-state index in [0.717, 1.165) is 18.9 Å². The molecule has 1 fully saturated rings. The van der Waals surface area contributed by atoms with Crippen LogP contribution in [-0.4, -0.2) is 15.9 Å². The molecule has 0 aliphatic heterocycles. The zero-order valence-corrected chi connectivity index (χ0v) is 15.2. The Morgan fingerprint density at radius 1 is 1.29 bits per heavy atom. The van der Waals surface area contributed by atoms with Gasteiger partial charge in [0.05, 0.1) is 18.2 Å². The maximum absolute atomic E-state index is 13.1. The highest BCUT2D eigenvalue weighted by Gasteiger charge is 2.36. The first kappa shape index (κ1) is 19.4. The summed E-state index contributed by atoms with van der Waals surface area (Å²) in [5, 5.41) is 0. The zero-order valence-electron chi connectivity index (χ0n) is 14.4. The standard InChI is InChI=1S/C17H24F3NO2S/c1-11(21-24(22)16(2,3)4)13-7-8-14(17(18,19)20)15(9-13)23-10-12-5-6-12/h7-9,11-12,21H,5-6,10H2,1-4H3/t11-,24?/m0/s1. The Labute approximate surface area is 144 Å². The summed E-state index contributed by atoms with van der Waals surface area (Å²) in [7, 11) is 0. The molecule has 136 valence electrons. The number of benzene rings is 1. The summed E-state index contributed by atoms with van der Waals surface area (Å²) in [5.74, 6) is 0.209. The van der Waals surface area contributed by atoms with Crippen LogP contribution in [0.15, 0.2) is 18.2 Å². The molecule has 1 unspecified atom stereocenters. The number of hydrogen-bond donors (Lipinski definition) is 1. The molecule has 0 bridgehead atoms. The second-order valence-electron chi connectivity index (χ2n) is 7.23. The third-order valence-corrected chi connectivity index (χ3v) is 5.50. The molecule has 1 aliphatic carbocycles. The molecule has 0 heterocycles. The van der Waals surface area contributed by atoms with Gasteiger partial charge in [-0.15, -0.1) is 4.72 Å². The Morgan fingerprint density at radius 3 is 2.42 bits per heavy atom. The van der Waals surface area contributed by atoms with Crippen LogP contribution in [0.2, 0.25) is 0 Å². The minimum absolute atomic E-state index is 0.151. The van der Waals surface area contributed by atoms with Crippen molar-refractivity contribution >= 4 is 11.4 Å². The maximum atomic E-state index is 13.1. The fourth-order valence-corrected chi connectivity index (χ4v) is 2.87. The normalized spacial score (nSPS) is 18.3. The van der Waals surface area contributed by atoms with Gasteiger partial charge in [0.15, 0.2) is 0 Å². The number of halogens is 3. The van der Waals surface area contributed by atoms with Gasteiger partial charge in [0, 0.05) is 11.4 Å². The Hall–Kier alpha value is -0.920. The van der Waals surface area contributed by atoms with Crippen molar-refractivity contribution < 1.29 is 22.5 Å². The molecule has 7 heteroatoms. The van der Waals surface area contributed by atoms with Gasteiger partial charge in [0.1, 0.15) is 10.5 Å². The van der Waals surface area contributed by atoms with Crippen molar-refractivity contribution in [1.29, 1.82) is 0 Å². The van der Waals surface area contributed by atoms with Crippen LogP contribution in [0, 0.1) is 5.92 Å². The van der Waals surface area contributed by atoms with Crippen LogP contribution in [0.1, 0.15) is 57.7 Å². The number of ether oxygens (including phenoxy) is 1. The highest BCUT2D eigenvalue weighted by Crippen LogP contribution is 2.39. The molecule has 0 amide bonds. The molecule has 1 saturated carbocycles. The van der Waals surface area contributed by atoms with E-state index in [4.69, 9.17) is 4.74 Å². The van der Waals surface area contributed by atoms with Gasteiger partial charge >= 0.3 is 6.18 Å². The van der Waals surface area contributed by atoms with Crippen molar-refractivity contribution in [2.24, 2.45) is 5.92 Å². The van der Waals surface area contributed by atoms with E-state index in [1.54, 1.807) is 6.92 Å². The molecular weight excluding hydrogens is 339 g/mol. The molecule has 24 heavy (non-hydrogen) atoms. The fraction of sp³-hybridized carbons (Fsp3) is 0.647. The molecule has 1 aliphatic rings. The first-order valence-corrected chi connectivity index (χ1v) is 9.15. The van der Waals surface area contributed by atoms with E-state index in [2.05, 4.69) is 4.72 Å². The van der Waals surface area contributed by atoms with Crippen molar-refractivity contribution in [3.63, 3.8) is 0 Å². The van der Waals surface area contributed by atoms with Gasteiger partial charge in [-0.1, -0.05) is 6.07 Å². The molecule has 0 aromatic heterocycles. The van der Waals surface area contributed by atoms with Crippen molar-refractivity contribution in [3.05, 3.63) is 29.3 Å². The van der Waals surface area contributed by atoms with E-state index in [1.165, 1.54) is 12.1 Å². The Morgan fingerprint density at radius 2 is 1.92 bits per heavy atom. The van der Waals surface area contributed by atoms with Crippen molar-refractivity contribution in [2.75, 3.05) is 6.61 Å². The average Bonchev–Trinajstić information content (AvgIpc) is 3.26. The summed E-state index contributed by atoms with van der Waals surface area (Å²) in [6.45, 7) is 7.58. The van der Waals surface area contributed by atoms with Crippen LogP contribution in [0.4, 0.5) is 13.2 Å². The van der Waals surface area contributed by atoms with E-state index in [0.29, 0.717) is 18.1 Å². The van der Waals surface area contributed by atoms with Crippen LogP contribution in [-0.2, 0) is 17.5 Å². The topological polar surface area (TPSA) is 44.3 Å².